The summed E-state index contributed by atoms with van der Waals surface area (Å²) in [4.78, 5) is -0.0993. The lowest BCUT2D eigenvalue weighted by Gasteiger charge is -2.16. The molecule has 0 radical (unpaired) electrons. The van der Waals surface area contributed by atoms with E-state index >= 15 is 0 Å². The van der Waals surface area contributed by atoms with Crippen LogP contribution in [0.2, 0.25) is 0 Å². The Bertz CT molecular complexity index is 1010. The van der Waals surface area contributed by atoms with Crippen LogP contribution in [-0.2, 0) is 20.0 Å². The first-order valence-corrected chi connectivity index (χ1v) is 11.0. The van der Waals surface area contributed by atoms with Crippen molar-refractivity contribution < 1.29 is 21.2 Å². The molecule has 0 aliphatic carbocycles. The molecule has 1 aliphatic heterocycles. The van der Waals surface area contributed by atoms with E-state index < -0.39 is 25.9 Å². The molecule has 1 heterocycles. The quantitative estimate of drug-likeness (QED) is 0.839. The monoisotopic (exact) mass is 398 g/mol. The summed E-state index contributed by atoms with van der Waals surface area (Å²) in [5.41, 5.74) is 0.506. The second-order valence-electron chi connectivity index (χ2n) is 6.17. The number of nitrogens with zero attached hydrogens (tertiary/aromatic N) is 1. The van der Waals surface area contributed by atoms with Gasteiger partial charge in [-0.15, -0.1) is 0 Å². The Labute approximate surface area is 152 Å². The van der Waals surface area contributed by atoms with Crippen LogP contribution in [0.5, 0.6) is 0 Å². The molecule has 1 N–H and O–H groups in total. The molecule has 1 saturated heterocycles. The van der Waals surface area contributed by atoms with Crippen molar-refractivity contribution in [2.75, 3.05) is 17.8 Å². The summed E-state index contributed by atoms with van der Waals surface area (Å²) in [5.74, 6) is -0.679. The fourth-order valence-corrected chi connectivity index (χ4v) is 5.36. The maximum Gasteiger partial charge on any atom is 0.261 e. The molecule has 0 spiro atoms. The summed E-state index contributed by atoms with van der Waals surface area (Å²) in [6.45, 7) is 2.63. The summed E-state index contributed by atoms with van der Waals surface area (Å²) in [5, 5.41) is 0. The predicted molar refractivity (Wildman–Crippen MR) is 96.4 cm³/mol. The van der Waals surface area contributed by atoms with E-state index in [-0.39, 0.29) is 15.5 Å². The van der Waals surface area contributed by atoms with Crippen LogP contribution < -0.4 is 4.72 Å². The van der Waals surface area contributed by atoms with Gasteiger partial charge in [-0.2, -0.15) is 4.31 Å². The number of hydrogen-bond donors (Lipinski definition) is 1. The van der Waals surface area contributed by atoms with Crippen molar-refractivity contribution in [2.24, 2.45) is 0 Å². The Morgan fingerprint density at radius 2 is 1.50 bits per heavy atom. The number of aryl methyl sites for hydroxylation is 1. The van der Waals surface area contributed by atoms with E-state index in [1.807, 2.05) is 0 Å². The number of benzene rings is 2. The van der Waals surface area contributed by atoms with Gasteiger partial charge in [-0.3, -0.25) is 4.72 Å². The highest BCUT2D eigenvalue weighted by Gasteiger charge is 2.27. The Morgan fingerprint density at radius 3 is 2.08 bits per heavy atom. The third kappa shape index (κ3) is 3.74. The van der Waals surface area contributed by atoms with Crippen molar-refractivity contribution in [3.63, 3.8) is 0 Å². The van der Waals surface area contributed by atoms with Crippen LogP contribution >= 0.6 is 0 Å². The van der Waals surface area contributed by atoms with E-state index in [2.05, 4.69) is 4.72 Å². The summed E-state index contributed by atoms with van der Waals surface area (Å²) >= 11 is 0. The van der Waals surface area contributed by atoms with E-state index in [0.717, 1.165) is 12.8 Å². The molecule has 0 saturated carbocycles. The molecule has 0 atom stereocenters. The highest BCUT2D eigenvalue weighted by molar-refractivity contribution is 7.92. The molecule has 0 unspecified atom stereocenters. The van der Waals surface area contributed by atoms with Gasteiger partial charge in [0.1, 0.15) is 5.82 Å². The summed E-state index contributed by atoms with van der Waals surface area (Å²) in [6.07, 6.45) is 1.63. The normalized spacial score (nSPS) is 15.9. The molecule has 3 rings (SSSR count). The number of anilines is 1. The number of hydrogen-bond acceptors (Lipinski definition) is 4. The maximum absolute atomic E-state index is 13.9. The van der Waals surface area contributed by atoms with Gasteiger partial charge in [0.2, 0.25) is 10.0 Å². The van der Waals surface area contributed by atoms with Gasteiger partial charge in [-0.05, 0) is 61.7 Å². The average Bonchev–Trinajstić information content (AvgIpc) is 3.13. The largest absolute Gasteiger partial charge is 0.277 e. The molecule has 1 aliphatic rings. The topological polar surface area (TPSA) is 83.5 Å². The SMILES string of the molecule is Cc1ccc(NS(=O)(=O)c2ccc(S(=O)(=O)N3CCCC3)cc2)c(F)c1. The second-order valence-corrected chi connectivity index (χ2v) is 9.79. The van der Waals surface area contributed by atoms with Gasteiger partial charge in [-0.1, -0.05) is 6.07 Å². The minimum atomic E-state index is -4.03. The molecule has 0 amide bonds. The van der Waals surface area contributed by atoms with E-state index in [1.165, 1.54) is 40.7 Å². The summed E-state index contributed by atoms with van der Waals surface area (Å²) < 4.78 is 67.2. The first kappa shape index (κ1) is 18.8. The molecule has 6 nitrogen and oxygen atoms in total. The number of sulfonamides is 2. The van der Waals surface area contributed by atoms with E-state index in [4.69, 9.17) is 0 Å². The highest BCUT2D eigenvalue weighted by atomic mass is 32.2. The van der Waals surface area contributed by atoms with Gasteiger partial charge in [0.05, 0.1) is 15.5 Å². The molecule has 2 aromatic rings. The second kappa shape index (κ2) is 6.98. The maximum atomic E-state index is 13.9. The molecule has 1 fully saturated rings. The van der Waals surface area contributed by atoms with Crippen molar-refractivity contribution in [3.05, 3.63) is 53.8 Å². The molecule has 26 heavy (non-hydrogen) atoms. The van der Waals surface area contributed by atoms with Crippen molar-refractivity contribution >= 4 is 25.7 Å². The van der Waals surface area contributed by atoms with Crippen LogP contribution in [0.4, 0.5) is 10.1 Å². The fourth-order valence-electron chi connectivity index (χ4n) is 2.77. The first-order valence-electron chi connectivity index (χ1n) is 8.09. The van der Waals surface area contributed by atoms with Gasteiger partial charge >= 0.3 is 0 Å². The van der Waals surface area contributed by atoms with Crippen LogP contribution in [0, 0.1) is 12.7 Å². The minimum Gasteiger partial charge on any atom is -0.277 e. The summed E-state index contributed by atoms with van der Waals surface area (Å²) in [7, 11) is -7.64. The Balaban J connectivity index is 1.85. The Hall–Kier alpha value is -1.97. The third-order valence-electron chi connectivity index (χ3n) is 4.21. The average molecular weight is 398 g/mol. The lowest BCUT2D eigenvalue weighted by Crippen LogP contribution is -2.27. The van der Waals surface area contributed by atoms with Gasteiger partial charge in [0.15, 0.2) is 0 Å². The van der Waals surface area contributed by atoms with Crippen molar-refractivity contribution in [1.82, 2.24) is 4.31 Å². The molecule has 140 valence electrons. The van der Waals surface area contributed by atoms with Gasteiger partial charge in [0, 0.05) is 13.1 Å². The molecule has 0 bridgehead atoms. The van der Waals surface area contributed by atoms with E-state index in [9.17, 15) is 21.2 Å². The van der Waals surface area contributed by atoms with Crippen molar-refractivity contribution in [2.45, 2.75) is 29.6 Å². The molecule has 2 aromatic carbocycles. The molecular formula is C17H19FN2O4S2. The zero-order chi connectivity index (χ0) is 18.9. The number of nitrogens with one attached hydrogen (secondary N) is 1. The highest BCUT2D eigenvalue weighted by Crippen LogP contribution is 2.24. The number of rotatable bonds is 5. The summed E-state index contributed by atoms with van der Waals surface area (Å²) in [6, 6.07) is 9.08. The van der Waals surface area contributed by atoms with Crippen molar-refractivity contribution in [1.29, 1.82) is 0 Å². The van der Waals surface area contributed by atoms with E-state index in [1.54, 1.807) is 13.0 Å². The van der Waals surface area contributed by atoms with Crippen LogP contribution in [0.1, 0.15) is 18.4 Å². The van der Waals surface area contributed by atoms with Crippen LogP contribution in [0.3, 0.4) is 0 Å². The predicted octanol–water partition coefficient (Wildman–Crippen LogP) is 2.72. The van der Waals surface area contributed by atoms with Crippen molar-refractivity contribution in [3.8, 4) is 0 Å². The van der Waals surface area contributed by atoms with Crippen LogP contribution in [0.25, 0.3) is 0 Å². The van der Waals surface area contributed by atoms with Gasteiger partial charge < -0.3 is 0 Å². The zero-order valence-corrected chi connectivity index (χ0v) is 15.8. The molecule has 9 heteroatoms. The third-order valence-corrected chi connectivity index (χ3v) is 7.50. The van der Waals surface area contributed by atoms with Gasteiger partial charge in [0.25, 0.3) is 10.0 Å². The van der Waals surface area contributed by atoms with Crippen LogP contribution in [0.15, 0.2) is 52.3 Å². The molecular weight excluding hydrogens is 379 g/mol. The lowest BCUT2D eigenvalue weighted by molar-refractivity contribution is 0.477. The number of halogens is 1. The Morgan fingerprint density at radius 1 is 0.923 bits per heavy atom. The minimum absolute atomic E-state index is 0.0415. The Kier molecular flexibility index (Phi) is 5.05. The first-order chi connectivity index (χ1) is 12.2. The molecule has 0 aromatic heterocycles. The zero-order valence-electron chi connectivity index (χ0n) is 14.1. The standard InChI is InChI=1S/C17H19FN2O4S2/c1-13-4-9-17(16(18)12-13)19-25(21,22)14-5-7-15(8-6-14)26(23,24)20-10-2-3-11-20/h4-9,12,19H,2-3,10-11H2,1H3. The lowest BCUT2D eigenvalue weighted by atomic mass is 10.2. The van der Waals surface area contributed by atoms with Crippen LogP contribution in [-0.4, -0.2) is 34.2 Å². The van der Waals surface area contributed by atoms with E-state index in [0.29, 0.717) is 18.7 Å². The smallest absolute Gasteiger partial charge is 0.261 e. The van der Waals surface area contributed by atoms with Gasteiger partial charge in [-0.25, -0.2) is 21.2 Å². The fraction of sp³-hybridized carbons (Fsp3) is 0.294.